The van der Waals surface area contributed by atoms with Gasteiger partial charge in [-0.25, -0.2) is 9.18 Å². The summed E-state index contributed by atoms with van der Waals surface area (Å²) in [4.78, 5) is 16.8. The lowest BCUT2D eigenvalue weighted by Crippen LogP contribution is -2.42. The normalized spacial score (nSPS) is 15.4. The molecule has 0 bridgehead atoms. The number of carbonyl (C=O) groups is 1. The molecule has 4 nitrogen and oxygen atoms in total. The first-order valence-electron chi connectivity index (χ1n) is 10.1. The number of nitrogens with zero attached hydrogens (tertiary/aromatic N) is 2. The van der Waals surface area contributed by atoms with Gasteiger partial charge in [0.2, 0.25) is 0 Å². The van der Waals surface area contributed by atoms with Crippen LogP contribution < -0.4 is 5.32 Å². The molecule has 0 atom stereocenters. The highest BCUT2D eigenvalue weighted by Gasteiger charge is 2.19. The Morgan fingerprint density at radius 1 is 1.03 bits per heavy atom. The van der Waals surface area contributed by atoms with Gasteiger partial charge >= 0.3 is 6.03 Å². The van der Waals surface area contributed by atoms with E-state index in [1.807, 2.05) is 17.0 Å². The van der Waals surface area contributed by atoms with Crippen LogP contribution in [-0.2, 0) is 13.0 Å². The smallest absolute Gasteiger partial charge is 0.317 e. The second-order valence-corrected chi connectivity index (χ2v) is 8.39. The van der Waals surface area contributed by atoms with E-state index in [9.17, 15) is 9.18 Å². The molecule has 4 rings (SSSR count). The van der Waals surface area contributed by atoms with Crippen LogP contribution in [0.1, 0.15) is 17.5 Å². The summed E-state index contributed by atoms with van der Waals surface area (Å²) < 4.78 is 14.4. The van der Waals surface area contributed by atoms with Gasteiger partial charge < -0.3 is 10.2 Å². The fourth-order valence-electron chi connectivity index (χ4n) is 3.82. The lowest BCUT2D eigenvalue weighted by molar-refractivity contribution is 0.198. The van der Waals surface area contributed by atoms with Gasteiger partial charge in [0, 0.05) is 44.0 Å². The molecule has 0 radical (unpaired) electrons. The quantitative estimate of drug-likeness (QED) is 0.671. The summed E-state index contributed by atoms with van der Waals surface area (Å²) in [5.41, 5.74) is 2.40. The Balaban J connectivity index is 1.24. The second kappa shape index (κ2) is 9.37. The third kappa shape index (κ3) is 5.14. The minimum atomic E-state index is -0.206. The zero-order valence-electron chi connectivity index (χ0n) is 16.4. The average molecular weight is 412 g/mol. The van der Waals surface area contributed by atoms with Crippen molar-refractivity contribution in [2.45, 2.75) is 19.4 Å². The van der Waals surface area contributed by atoms with Crippen LogP contribution in [0.4, 0.5) is 9.18 Å². The molecule has 2 amide bonds. The number of nitrogens with one attached hydrogen (secondary N) is 1. The molecule has 152 valence electrons. The zero-order valence-corrected chi connectivity index (χ0v) is 17.3. The molecule has 0 aliphatic carbocycles. The van der Waals surface area contributed by atoms with Crippen molar-refractivity contribution in [3.63, 3.8) is 0 Å². The molecule has 0 spiro atoms. The van der Waals surface area contributed by atoms with E-state index in [2.05, 4.69) is 39.9 Å². The number of fused-ring (bicyclic) bond motifs is 1. The highest BCUT2D eigenvalue weighted by atomic mass is 32.1. The number of benzene rings is 2. The number of rotatable bonds is 5. The zero-order chi connectivity index (χ0) is 20.1. The van der Waals surface area contributed by atoms with Gasteiger partial charge in [0.1, 0.15) is 5.82 Å². The van der Waals surface area contributed by atoms with Crippen LogP contribution in [0.5, 0.6) is 0 Å². The molecule has 6 heteroatoms. The van der Waals surface area contributed by atoms with Gasteiger partial charge in [-0.2, -0.15) is 0 Å². The SMILES string of the molecule is O=C(NCCc1csc2ccccc12)N1CCCN(Cc2ccc(F)cc2)CC1. The Morgan fingerprint density at radius 2 is 1.86 bits per heavy atom. The first-order valence-corrected chi connectivity index (χ1v) is 11.0. The number of hydrogen-bond acceptors (Lipinski definition) is 3. The topological polar surface area (TPSA) is 35.6 Å². The van der Waals surface area contributed by atoms with Crippen LogP contribution in [0, 0.1) is 5.82 Å². The maximum Gasteiger partial charge on any atom is 0.317 e. The predicted molar refractivity (Wildman–Crippen MR) is 117 cm³/mol. The van der Waals surface area contributed by atoms with Gasteiger partial charge in [0.05, 0.1) is 0 Å². The second-order valence-electron chi connectivity index (χ2n) is 7.48. The number of hydrogen-bond donors (Lipinski definition) is 1. The minimum absolute atomic E-state index is 0.0215. The maximum absolute atomic E-state index is 13.1. The molecule has 3 aromatic rings. The molecule has 1 fully saturated rings. The largest absolute Gasteiger partial charge is 0.338 e. The molecule has 2 aromatic carbocycles. The van der Waals surface area contributed by atoms with Gasteiger partial charge in [0.15, 0.2) is 0 Å². The summed E-state index contributed by atoms with van der Waals surface area (Å²) in [5.74, 6) is -0.206. The summed E-state index contributed by atoms with van der Waals surface area (Å²) in [6, 6.07) is 15.1. The van der Waals surface area contributed by atoms with Crippen molar-refractivity contribution < 1.29 is 9.18 Å². The number of carbonyl (C=O) groups excluding carboxylic acids is 1. The Hall–Kier alpha value is -2.44. The average Bonchev–Trinajstić information content (AvgIpc) is 3.00. The fraction of sp³-hybridized carbons (Fsp3) is 0.348. The summed E-state index contributed by atoms with van der Waals surface area (Å²) in [5, 5.41) is 6.57. The van der Waals surface area contributed by atoms with Crippen LogP contribution in [-0.4, -0.2) is 48.6 Å². The lowest BCUT2D eigenvalue weighted by atomic mass is 10.1. The van der Waals surface area contributed by atoms with E-state index in [1.54, 1.807) is 11.3 Å². The first kappa shape index (κ1) is 19.9. The van der Waals surface area contributed by atoms with Gasteiger partial charge in [-0.05, 0) is 52.9 Å². The van der Waals surface area contributed by atoms with E-state index >= 15 is 0 Å². The molecule has 0 unspecified atom stereocenters. The van der Waals surface area contributed by atoms with Crippen molar-refractivity contribution in [2.75, 3.05) is 32.7 Å². The molecule has 1 N–H and O–H groups in total. The van der Waals surface area contributed by atoms with Crippen molar-refractivity contribution in [2.24, 2.45) is 0 Å². The molecule has 0 saturated carbocycles. The summed E-state index contributed by atoms with van der Waals surface area (Å²) in [7, 11) is 0. The maximum atomic E-state index is 13.1. The number of amides is 2. The summed E-state index contributed by atoms with van der Waals surface area (Å²) in [6.45, 7) is 4.71. The molecular formula is C23H26FN3OS. The molecule has 1 aliphatic rings. The molecular weight excluding hydrogens is 385 g/mol. The fourth-order valence-corrected chi connectivity index (χ4v) is 4.82. The van der Waals surface area contributed by atoms with Crippen molar-refractivity contribution in [3.8, 4) is 0 Å². The van der Waals surface area contributed by atoms with Gasteiger partial charge in [0.25, 0.3) is 0 Å². The molecule has 1 aromatic heterocycles. The van der Waals surface area contributed by atoms with E-state index in [0.717, 1.165) is 44.6 Å². The molecule has 1 aliphatic heterocycles. The standard InChI is InChI=1S/C23H26FN3OS/c24-20-8-6-18(7-9-20)16-26-12-3-13-27(15-14-26)23(28)25-11-10-19-17-29-22-5-2-1-4-21(19)22/h1-2,4-9,17H,3,10-16H2,(H,25,28). The van der Waals surface area contributed by atoms with Crippen molar-refractivity contribution in [1.82, 2.24) is 15.1 Å². The van der Waals surface area contributed by atoms with Crippen LogP contribution in [0.15, 0.2) is 53.9 Å². The van der Waals surface area contributed by atoms with Gasteiger partial charge in [-0.15, -0.1) is 11.3 Å². The van der Waals surface area contributed by atoms with Crippen molar-refractivity contribution in [3.05, 3.63) is 70.9 Å². The van der Waals surface area contributed by atoms with E-state index in [4.69, 9.17) is 0 Å². The Bertz CT molecular complexity index is 956. The summed E-state index contributed by atoms with van der Waals surface area (Å²) in [6.07, 6.45) is 1.80. The van der Waals surface area contributed by atoms with Crippen molar-refractivity contribution >= 4 is 27.5 Å². The van der Waals surface area contributed by atoms with E-state index in [0.29, 0.717) is 13.1 Å². The van der Waals surface area contributed by atoms with Gasteiger partial charge in [-0.3, -0.25) is 4.90 Å². The highest BCUT2D eigenvalue weighted by molar-refractivity contribution is 7.17. The minimum Gasteiger partial charge on any atom is -0.338 e. The molecule has 29 heavy (non-hydrogen) atoms. The van der Waals surface area contributed by atoms with E-state index in [1.165, 1.54) is 27.8 Å². The number of halogens is 1. The van der Waals surface area contributed by atoms with E-state index < -0.39 is 0 Å². The number of thiophene rings is 1. The first-order chi connectivity index (χ1) is 14.2. The predicted octanol–water partition coefficient (Wildman–Crippen LogP) is 4.50. The molecule has 2 heterocycles. The molecule has 1 saturated heterocycles. The van der Waals surface area contributed by atoms with Crippen LogP contribution in [0.3, 0.4) is 0 Å². The Morgan fingerprint density at radius 3 is 2.72 bits per heavy atom. The van der Waals surface area contributed by atoms with Gasteiger partial charge in [-0.1, -0.05) is 30.3 Å². The third-order valence-corrected chi connectivity index (χ3v) is 6.44. The Labute approximate surface area is 174 Å². The summed E-state index contributed by atoms with van der Waals surface area (Å²) >= 11 is 1.76. The monoisotopic (exact) mass is 411 g/mol. The number of urea groups is 1. The van der Waals surface area contributed by atoms with Crippen molar-refractivity contribution in [1.29, 1.82) is 0 Å². The Kier molecular flexibility index (Phi) is 6.42. The third-order valence-electron chi connectivity index (χ3n) is 5.43. The highest BCUT2D eigenvalue weighted by Crippen LogP contribution is 2.25. The lowest BCUT2D eigenvalue weighted by Gasteiger charge is -2.22. The van der Waals surface area contributed by atoms with E-state index in [-0.39, 0.29) is 11.8 Å². The van der Waals surface area contributed by atoms with Crippen LogP contribution in [0.2, 0.25) is 0 Å². The van der Waals surface area contributed by atoms with Crippen LogP contribution >= 0.6 is 11.3 Å². The van der Waals surface area contributed by atoms with Crippen LogP contribution in [0.25, 0.3) is 10.1 Å².